The summed E-state index contributed by atoms with van der Waals surface area (Å²) in [4.78, 5) is 0. The molecule has 0 amide bonds. The van der Waals surface area contributed by atoms with Crippen molar-refractivity contribution in [2.75, 3.05) is 0 Å². The highest BCUT2D eigenvalue weighted by atomic mass is 19.1. The minimum absolute atomic E-state index is 0.0486. The second-order valence-electron chi connectivity index (χ2n) is 4.22. The van der Waals surface area contributed by atoms with Crippen molar-refractivity contribution in [2.24, 2.45) is 5.92 Å². The largest absolute Gasteiger partial charge is 0.377 e. The monoisotopic (exact) mass is 186 g/mol. The van der Waals surface area contributed by atoms with Gasteiger partial charge in [0, 0.05) is 5.92 Å². The third-order valence-electron chi connectivity index (χ3n) is 3.45. The minimum Gasteiger partial charge on any atom is -0.377 e. The Bertz CT molecular complexity index is 176. The summed E-state index contributed by atoms with van der Waals surface area (Å²) >= 11 is 0. The van der Waals surface area contributed by atoms with Crippen molar-refractivity contribution in [1.82, 2.24) is 0 Å². The number of rotatable bonds is 3. The molecule has 4 atom stereocenters. The zero-order valence-corrected chi connectivity index (χ0v) is 9.14. The first-order valence-electron chi connectivity index (χ1n) is 5.39. The van der Waals surface area contributed by atoms with Crippen LogP contribution in [0.25, 0.3) is 0 Å². The van der Waals surface area contributed by atoms with Gasteiger partial charge in [0.25, 0.3) is 0 Å². The maximum Gasteiger partial charge on any atom is 0.143 e. The normalized spacial score (nSPS) is 45.4. The molecular weight excluding hydrogens is 166 g/mol. The fourth-order valence-electron chi connectivity index (χ4n) is 2.53. The number of ether oxygens (including phenoxy) is 1. The summed E-state index contributed by atoms with van der Waals surface area (Å²) in [5, 5.41) is 0. The Morgan fingerprint density at radius 3 is 2.38 bits per heavy atom. The summed E-state index contributed by atoms with van der Waals surface area (Å²) in [5.41, 5.74) is -0.187. The Kier molecular flexibility index (Phi) is 3.39. The quantitative estimate of drug-likeness (QED) is 0.611. The lowest BCUT2D eigenvalue weighted by Gasteiger charge is -2.31. The molecule has 13 heavy (non-hydrogen) atoms. The Hall–Kier alpha value is -0.0451. The topological polar surface area (TPSA) is 9.23 Å². The zero-order chi connectivity index (χ0) is 10.1. The van der Waals surface area contributed by atoms with E-state index < -0.39 is 6.17 Å². The molecule has 1 aliphatic heterocycles. The van der Waals surface area contributed by atoms with E-state index >= 15 is 0 Å². The third-order valence-corrected chi connectivity index (χ3v) is 3.45. The van der Waals surface area contributed by atoms with Gasteiger partial charge in [-0.3, -0.25) is 0 Å². The molecule has 0 aromatic carbocycles. The van der Waals surface area contributed by atoms with Gasteiger partial charge in [-0.25, -0.2) is 4.39 Å². The maximum atomic E-state index is 13.6. The number of halogens is 1. The van der Waals surface area contributed by atoms with Crippen LogP contribution in [0.4, 0.5) is 4.39 Å². The van der Waals surface area contributed by atoms with Crippen LogP contribution in [0.1, 0.15) is 40.0 Å². The number of alkyl halides is 1. The van der Waals surface area contributed by atoms with Crippen LogP contribution in [-0.4, -0.2) is 25.6 Å². The number of hydrogen-bond donors (Lipinski definition) is 0. The first-order valence-corrected chi connectivity index (χ1v) is 5.39. The van der Waals surface area contributed by atoms with Crippen molar-refractivity contribution in [1.29, 1.82) is 0 Å². The average Bonchev–Trinajstić information content (AvgIpc) is 2.32. The van der Waals surface area contributed by atoms with Gasteiger partial charge in [-0.05, 0) is 12.8 Å². The van der Waals surface area contributed by atoms with Crippen molar-refractivity contribution < 1.29 is 9.13 Å². The zero-order valence-electron chi connectivity index (χ0n) is 9.14. The predicted molar refractivity (Wildman–Crippen MR) is 55.4 cm³/mol. The molecular formula is C10H20BFO. The standard InChI is InChI=1S/C10H20BFO/c1-4-6-10(5-2)7(3)8(12)9(11)13-10/h7-9H,4-6,11H2,1-3H3/t7-,8?,9-,10+/m1/s1. The highest BCUT2D eigenvalue weighted by Crippen LogP contribution is 2.42. The molecule has 0 bridgehead atoms. The molecule has 1 saturated heterocycles. The molecule has 0 aromatic rings. The Morgan fingerprint density at radius 1 is 1.46 bits per heavy atom. The first-order chi connectivity index (χ1) is 6.07. The van der Waals surface area contributed by atoms with E-state index in [1.807, 2.05) is 14.8 Å². The lowest BCUT2D eigenvalue weighted by molar-refractivity contribution is -0.0412. The second-order valence-corrected chi connectivity index (χ2v) is 4.22. The SMILES string of the molecule is B[C@@H]1O[C@@](CC)(CCC)[C@H](C)C1F. The maximum absolute atomic E-state index is 13.6. The second kappa shape index (κ2) is 3.99. The third kappa shape index (κ3) is 1.76. The van der Waals surface area contributed by atoms with E-state index in [1.54, 1.807) is 0 Å². The smallest absolute Gasteiger partial charge is 0.143 e. The molecule has 0 aromatic heterocycles. The summed E-state index contributed by atoms with van der Waals surface area (Å²) in [6.45, 7) is 6.20. The Labute approximate surface area is 81.4 Å². The van der Waals surface area contributed by atoms with E-state index in [4.69, 9.17) is 4.74 Å². The van der Waals surface area contributed by atoms with Crippen molar-refractivity contribution in [3.63, 3.8) is 0 Å². The van der Waals surface area contributed by atoms with Crippen molar-refractivity contribution >= 4 is 7.85 Å². The Morgan fingerprint density at radius 2 is 2.08 bits per heavy atom. The van der Waals surface area contributed by atoms with Crippen LogP contribution in [0.2, 0.25) is 0 Å². The molecule has 0 aliphatic carbocycles. The van der Waals surface area contributed by atoms with E-state index in [1.165, 1.54) is 0 Å². The van der Waals surface area contributed by atoms with Crippen LogP contribution in [0.3, 0.4) is 0 Å². The lowest BCUT2D eigenvalue weighted by Crippen LogP contribution is -2.34. The van der Waals surface area contributed by atoms with Crippen molar-refractivity contribution in [3.05, 3.63) is 0 Å². The molecule has 1 fully saturated rings. The highest BCUT2D eigenvalue weighted by molar-refractivity contribution is 6.11. The first kappa shape index (κ1) is 11.0. The van der Waals surface area contributed by atoms with Crippen LogP contribution in [-0.2, 0) is 4.74 Å². The van der Waals surface area contributed by atoms with Gasteiger partial charge < -0.3 is 4.74 Å². The molecule has 0 N–H and O–H groups in total. The van der Waals surface area contributed by atoms with Crippen molar-refractivity contribution in [3.8, 4) is 0 Å². The summed E-state index contributed by atoms with van der Waals surface area (Å²) in [6, 6.07) is -0.221. The molecule has 0 radical (unpaired) electrons. The van der Waals surface area contributed by atoms with Gasteiger partial charge in [0.2, 0.25) is 0 Å². The van der Waals surface area contributed by atoms with Gasteiger partial charge in [0.1, 0.15) is 14.0 Å². The van der Waals surface area contributed by atoms with Crippen molar-refractivity contribution in [2.45, 2.75) is 57.8 Å². The van der Waals surface area contributed by atoms with Crippen LogP contribution in [0.15, 0.2) is 0 Å². The van der Waals surface area contributed by atoms with Gasteiger partial charge in [0.15, 0.2) is 0 Å². The van der Waals surface area contributed by atoms with E-state index in [0.29, 0.717) is 0 Å². The minimum atomic E-state index is -0.786. The summed E-state index contributed by atoms with van der Waals surface area (Å²) in [6.07, 6.45) is 2.19. The van der Waals surface area contributed by atoms with Gasteiger partial charge in [-0.1, -0.05) is 27.2 Å². The van der Waals surface area contributed by atoms with Crippen LogP contribution in [0, 0.1) is 5.92 Å². The molecule has 1 unspecified atom stereocenters. The number of hydrogen-bond acceptors (Lipinski definition) is 1. The molecule has 1 rings (SSSR count). The Balaban J connectivity index is 2.76. The van der Waals surface area contributed by atoms with Crippen LogP contribution in [0.5, 0.6) is 0 Å². The van der Waals surface area contributed by atoms with E-state index in [2.05, 4.69) is 13.8 Å². The molecule has 1 nitrogen and oxygen atoms in total. The fourth-order valence-corrected chi connectivity index (χ4v) is 2.53. The fraction of sp³-hybridized carbons (Fsp3) is 1.00. The van der Waals surface area contributed by atoms with Crippen LogP contribution < -0.4 is 0 Å². The molecule has 3 heteroatoms. The molecule has 0 spiro atoms. The summed E-state index contributed by atoms with van der Waals surface area (Å²) < 4.78 is 19.4. The summed E-state index contributed by atoms with van der Waals surface area (Å²) in [7, 11) is 1.84. The van der Waals surface area contributed by atoms with Gasteiger partial charge in [0.05, 0.1) is 11.6 Å². The average molecular weight is 186 g/mol. The molecule has 1 heterocycles. The van der Waals surface area contributed by atoms with E-state index in [9.17, 15) is 4.39 Å². The molecule has 0 saturated carbocycles. The van der Waals surface area contributed by atoms with Crippen LogP contribution >= 0.6 is 0 Å². The van der Waals surface area contributed by atoms with Gasteiger partial charge in [-0.2, -0.15) is 0 Å². The van der Waals surface area contributed by atoms with E-state index in [0.717, 1.165) is 19.3 Å². The lowest BCUT2D eigenvalue weighted by atomic mass is 9.80. The van der Waals surface area contributed by atoms with E-state index in [-0.39, 0.29) is 17.5 Å². The molecule has 76 valence electrons. The molecule has 1 aliphatic rings. The predicted octanol–water partition coefficient (Wildman–Crippen LogP) is 1.90. The summed E-state index contributed by atoms with van der Waals surface area (Å²) in [5.74, 6) is 0.0486. The highest BCUT2D eigenvalue weighted by Gasteiger charge is 2.49. The van der Waals surface area contributed by atoms with Gasteiger partial charge in [-0.15, -0.1) is 0 Å². The van der Waals surface area contributed by atoms with Gasteiger partial charge >= 0.3 is 0 Å².